The Hall–Kier alpha value is -2.03. The first kappa shape index (κ1) is 20.7. The number of para-hydroxylation sites is 1. The van der Waals surface area contributed by atoms with Crippen LogP contribution in [0.5, 0.6) is 0 Å². The van der Waals surface area contributed by atoms with E-state index in [4.69, 9.17) is 0 Å². The van der Waals surface area contributed by atoms with Crippen LogP contribution in [0.25, 0.3) is 10.2 Å². The maximum atomic E-state index is 13.5. The number of carbonyl (C=O) groups is 1. The number of carbonyl (C=O) groups excluding carboxylic acids is 1. The quantitative estimate of drug-likeness (QED) is 0.510. The second-order valence-electron chi connectivity index (χ2n) is 6.60. The van der Waals surface area contributed by atoms with Crippen molar-refractivity contribution in [1.82, 2.24) is 14.8 Å². The average molecular weight is 422 g/mol. The summed E-state index contributed by atoms with van der Waals surface area (Å²) < 4.78 is 28.6. The molecule has 0 aliphatic rings. The molecule has 1 aromatic heterocycles. The molecule has 28 heavy (non-hydrogen) atoms. The summed E-state index contributed by atoms with van der Waals surface area (Å²) in [6.45, 7) is 1.43. The Morgan fingerprint density at radius 1 is 1.11 bits per heavy atom. The molecule has 3 aromatic rings. The van der Waals surface area contributed by atoms with E-state index >= 15 is 0 Å². The topological polar surface area (TPSA) is 36.4 Å². The van der Waals surface area contributed by atoms with E-state index in [-0.39, 0.29) is 18.2 Å². The monoisotopic (exact) mass is 421 g/mol. The van der Waals surface area contributed by atoms with Gasteiger partial charge in [-0.1, -0.05) is 30.0 Å². The van der Waals surface area contributed by atoms with Gasteiger partial charge >= 0.3 is 0 Å². The first-order valence-corrected chi connectivity index (χ1v) is 10.6. The number of hydrogen-bond acceptors (Lipinski definition) is 5. The number of likely N-dealkylation sites (N-methyl/N-ethyl adjacent to an activating group) is 1. The standard InChI is InChI=1S/C20H21F2N3OS2/c1-24(2)9-10-25(12-14-7-8-15(21)16(22)11-14)19(26)13-27-20-23-17-5-3-4-6-18(17)28-20/h3-8,11H,9-10,12-13H2,1-2H3. The highest BCUT2D eigenvalue weighted by Crippen LogP contribution is 2.29. The fourth-order valence-corrected chi connectivity index (χ4v) is 4.57. The van der Waals surface area contributed by atoms with Crippen LogP contribution in [0.1, 0.15) is 5.56 Å². The van der Waals surface area contributed by atoms with Gasteiger partial charge in [0.25, 0.3) is 0 Å². The van der Waals surface area contributed by atoms with Gasteiger partial charge in [0.05, 0.1) is 16.0 Å². The normalized spacial score (nSPS) is 11.3. The number of halogens is 2. The molecule has 1 amide bonds. The fraction of sp³-hybridized carbons (Fsp3) is 0.300. The van der Waals surface area contributed by atoms with E-state index in [9.17, 15) is 13.6 Å². The van der Waals surface area contributed by atoms with Crippen LogP contribution in [0.3, 0.4) is 0 Å². The zero-order valence-corrected chi connectivity index (χ0v) is 17.3. The summed E-state index contributed by atoms with van der Waals surface area (Å²) in [5.41, 5.74) is 1.49. The molecule has 0 saturated heterocycles. The molecule has 1 heterocycles. The SMILES string of the molecule is CN(C)CCN(Cc1ccc(F)c(F)c1)C(=O)CSc1nc2ccccc2s1. The van der Waals surface area contributed by atoms with Crippen LogP contribution in [-0.2, 0) is 11.3 Å². The number of amides is 1. The highest BCUT2D eigenvalue weighted by Gasteiger charge is 2.17. The average Bonchev–Trinajstić information content (AvgIpc) is 3.08. The summed E-state index contributed by atoms with van der Waals surface area (Å²) in [7, 11) is 3.85. The summed E-state index contributed by atoms with van der Waals surface area (Å²) in [6, 6.07) is 11.6. The van der Waals surface area contributed by atoms with E-state index in [2.05, 4.69) is 4.98 Å². The zero-order chi connectivity index (χ0) is 20.1. The lowest BCUT2D eigenvalue weighted by Crippen LogP contribution is -2.37. The first-order chi connectivity index (χ1) is 13.4. The molecule has 0 aliphatic heterocycles. The third-order valence-electron chi connectivity index (χ3n) is 4.12. The van der Waals surface area contributed by atoms with Crippen molar-refractivity contribution < 1.29 is 13.6 Å². The van der Waals surface area contributed by atoms with Crippen LogP contribution in [-0.4, -0.2) is 53.6 Å². The van der Waals surface area contributed by atoms with Crippen LogP contribution in [0, 0.1) is 11.6 Å². The number of rotatable bonds is 8. The third kappa shape index (κ3) is 5.50. The Morgan fingerprint density at radius 2 is 1.89 bits per heavy atom. The lowest BCUT2D eigenvalue weighted by Gasteiger charge is -2.24. The molecule has 0 bridgehead atoms. The summed E-state index contributed by atoms with van der Waals surface area (Å²) in [5, 5.41) is 0. The molecule has 3 rings (SSSR count). The van der Waals surface area contributed by atoms with E-state index in [0.717, 1.165) is 26.7 Å². The summed E-state index contributed by atoms with van der Waals surface area (Å²) in [6.07, 6.45) is 0. The molecular weight excluding hydrogens is 400 g/mol. The van der Waals surface area contributed by atoms with E-state index in [1.807, 2.05) is 43.3 Å². The second kappa shape index (κ2) is 9.45. The van der Waals surface area contributed by atoms with E-state index in [0.29, 0.717) is 18.7 Å². The Morgan fingerprint density at radius 3 is 2.61 bits per heavy atom. The van der Waals surface area contributed by atoms with Crippen molar-refractivity contribution in [3.05, 3.63) is 59.7 Å². The van der Waals surface area contributed by atoms with E-state index in [1.54, 1.807) is 16.2 Å². The predicted octanol–water partition coefficient (Wildman–Crippen LogP) is 4.26. The van der Waals surface area contributed by atoms with Gasteiger partial charge in [0.1, 0.15) is 0 Å². The predicted molar refractivity (Wildman–Crippen MR) is 111 cm³/mol. The molecule has 0 fully saturated rings. The number of hydrogen-bond donors (Lipinski definition) is 0. The molecule has 0 radical (unpaired) electrons. The van der Waals surface area contributed by atoms with E-state index < -0.39 is 11.6 Å². The maximum absolute atomic E-state index is 13.5. The molecule has 0 atom stereocenters. The van der Waals surface area contributed by atoms with Crippen LogP contribution in [0.2, 0.25) is 0 Å². The summed E-state index contributed by atoms with van der Waals surface area (Å²) >= 11 is 2.96. The lowest BCUT2D eigenvalue weighted by molar-refractivity contribution is -0.129. The largest absolute Gasteiger partial charge is 0.336 e. The first-order valence-electron chi connectivity index (χ1n) is 8.77. The van der Waals surface area contributed by atoms with Crippen LogP contribution >= 0.6 is 23.1 Å². The number of benzene rings is 2. The van der Waals surface area contributed by atoms with E-state index in [1.165, 1.54) is 17.8 Å². The van der Waals surface area contributed by atoms with Crippen molar-refractivity contribution in [3.63, 3.8) is 0 Å². The number of thioether (sulfide) groups is 1. The van der Waals surface area contributed by atoms with Gasteiger partial charge in [0, 0.05) is 19.6 Å². The fourth-order valence-electron chi connectivity index (χ4n) is 2.60. The minimum atomic E-state index is -0.902. The zero-order valence-electron chi connectivity index (χ0n) is 15.7. The molecule has 4 nitrogen and oxygen atoms in total. The minimum Gasteiger partial charge on any atom is -0.336 e. The van der Waals surface area contributed by atoms with Gasteiger partial charge in [-0.2, -0.15) is 0 Å². The molecule has 0 spiro atoms. The number of aromatic nitrogens is 1. The van der Waals surface area contributed by atoms with Gasteiger partial charge in [-0.25, -0.2) is 13.8 Å². The van der Waals surface area contributed by atoms with Gasteiger partial charge in [-0.05, 0) is 43.9 Å². The molecule has 0 aliphatic carbocycles. The summed E-state index contributed by atoms with van der Waals surface area (Å²) in [5.74, 6) is -1.60. The maximum Gasteiger partial charge on any atom is 0.233 e. The molecule has 0 unspecified atom stereocenters. The van der Waals surface area contributed by atoms with Gasteiger partial charge in [0.15, 0.2) is 16.0 Å². The van der Waals surface area contributed by atoms with Gasteiger partial charge in [-0.3, -0.25) is 4.79 Å². The highest BCUT2D eigenvalue weighted by atomic mass is 32.2. The Bertz CT molecular complexity index is 929. The van der Waals surface area contributed by atoms with Crippen LogP contribution in [0.4, 0.5) is 8.78 Å². The smallest absolute Gasteiger partial charge is 0.233 e. The molecule has 148 valence electrons. The van der Waals surface area contributed by atoms with Crippen molar-refractivity contribution in [2.45, 2.75) is 10.9 Å². The Kier molecular flexibility index (Phi) is 6.98. The van der Waals surface area contributed by atoms with Crippen molar-refractivity contribution in [2.75, 3.05) is 32.9 Å². The molecule has 8 heteroatoms. The van der Waals surface area contributed by atoms with Crippen LogP contribution in [0.15, 0.2) is 46.8 Å². The Labute approximate surface area is 171 Å². The van der Waals surface area contributed by atoms with Crippen LogP contribution < -0.4 is 0 Å². The van der Waals surface area contributed by atoms with Crippen molar-refractivity contribution in [3.8, 4) is 0 Å². The van der Waals surface area contributed by atoms with Gasteiger partial charge < -0.3 is 9.80 Å². The molecule has 0 N–H and O–H groups in total. The third-order valence-corrected chi connectivity index (χ3v) is 6.28. The van der Waals surface area contributed by atoms with Crippen molar-refractivity contribution >= 4 is 39.2 Å². The Balaban J connectivity index is 1.67. The molecule has 2 aromatic carbocycles. The number of thiazole rings is 1. The lowest BCUT2D eigenvalue weighted by atomic mass is 10.2. The number of fused-ring (bicyclic) bond motifs is 1. The van der Waals surface area contributed by atoms with Crippen molar-refractivity contribution in [2.24, 2.45) is 0 Å². The summed E-state index contributed by atoms with van der Waals surface area (Å²) in [4.78, 5) is 21.0. The molecule has 0 saturated carbocycles. The highest BCUT2D eigenvalue weighted by molar-refractivity contribution is 8.01. The second-order valence-corrected chi connectivity index (χ2v) is 8.86. The van der Waals surface area contributed by atoms with Crippen molar-refractivity contribution in [1.29, 1.82) is 0 Å². The molecular formula is C20H21F2N3OS2. The number of nitrogens with zero attached hydrogens (tertiary/aromatic N) is 3. The van der Waals surface area contributed by atoms with Gasteiger partial charge in [0.2, 0.25) is 5.91 Å². The van der Waals surface area contributed by atoms with Gasteiger partial charge in [-0.15, -0.1) is 11.3 Å². The minimum absolute atomic E-state index is 0.0594.